The van der Waals surface area contributed by atoms with E-state index in [0.29, 0.717) is 6.61 Å². The molecule has 0 N–H and O–H groups in total. The lowest BCUT2D eigenvalue weighted by molar-refractivity contribution is 0.168. The van der Waals surface area contributed by atoms with Crippen molar-refractivity contribution in [1.82, 2.24) is 0 Å². The van der Waals surface area contributed by atoms with E-state index < -0.39 is 0 Å². The van der Waals surface area contributed by atoms with Crippen LogP contribution >= 0.6 is 0 Å². The SMILES string of the molecule is CCCCOCC1=NC=C1. The lowest BCUT2D eigenvalue weighted by atomic mass is 10.3. The predicted molar refractivity (Wildman–Crippen MR) is 42.3 cm³/mol. The van der Waals surface area contributed by atoms with Crippen LogP contribution in [0.25, 0.3) is 0 Å². The average Bonchev–Trinajstić information content (AvgIpc) is 1.84. The van der Waals surface area contributed by atoms with E-state index >= 15 is 0 Å². The fraction of sp³-hybridized carbons (Fsp3) is 0.625. The molecule has 0 radical (unpaired) electrons. The number of hydrogen-bond acceptors (Lipinski definition) is 2. The van der Waals surface area contributed by atoms with Crippen molar-refractivity contribution in [2.75, 3.05) is 13.2 Å². The Balaban J connectivity index is 1.86. The van der Waals surface area contributed by atoms with Gasteiger partial charge in [0.05, 0.1) is 12.3 Å². The molecule has 10 heavy (non-hydrogen) atoms. The van der Waals surface area contributed by atoms with Crippen molar-refractivity contribution >= 4 is 5.71 Å². The van der Waals surface area contributed by atoms with Crippen LogP contribution in [-0.4, -0.2) is 18.9 Å². The molecule has 0 aromatic heterocycles. The fourth-order valence-electron chi connectivity index (χ4n) is 0.688. The molecule has 2 nitrogen and oxygen atoms in total. The molecule has 0 saturated heterocycles. The number of aliphatic imine (C=N–C) groups is 1. The molecule has 0 spiro atoms. The minimum atomic E-state index is 0.691. The normalized spacial score (nSPS) is 14.7. The third-order valence-corrected chi connectivity index (χ3v) is 1.40. The number of hydrogen-bond donors (Lipinski definition) is 0. The third-order valence-electron chi connectivity index (χ3n) is 1.40. The predicted octanol–water partition coefficient (Wildman–Crippen LogP) is 1.77. The monoisotopic (exact) mass is 139 g/mol. The van der Waals surface area contributed by atoms with Crippen LogP contribution in [0.1, 0.15) is 19.8 Å². The van der Waals surface area contributed by atoms with Crippen LogP contribution in [0.3, 0.4) is 0 Å². The van der Waals surface area contributed by atoms with E-state index in [1.54, 1.807) is 6.20 Å². The molecule has 2 heteroatoms. The second-order valence-corrected chi connectivity index (χ2v) is 2.34. The molecular weight excluding hydrogens is 126 g/mol. The number of rotatable bonds is 5. The summed E-state index contributed by atoms with van der Waals surface area (Å²) in [5.41, 5.74) is 1.07. The van der Waals surface area contributed by atoms with Gasteiger partial charge >= 0.3 is 0 Å². The molecule has 1 heterocycles. The average molecular weight is 139 g/mol. The molecule has 0 saturated carbocycles. The van der Waals surface area contributed by atoms with Crippen molar-refractivity contribution in [3.8, 4) is 0 Å². The van der Waals surface area contributed by atoms with Crippen molar-refractivity contribution in [2.45, 2.75) is 19.8 Å². The van der Waals surface area contributed by atoms with Gasteiger partial charge in [0.1, 0.15) is 0 Å². The van der Waals surface area contributed by atoms with E-state index in [1.807, 2.05) is 6.08 Å². The zero-order valence-corrected chi connectivity index (χ0v) is 6.34. The van der Waals surface area contributed by atoms with E-state index in [1.165, 1.54) is 6.42 Å². The molecule has 1 rings (SSSR count). The van der Waals surface area contributed by atoms with Crippen LogP contribution < -0.4 is 0 Å². The molecule has 1 aliphatic rings. The summed E-state index contributed by atoms with van der Waals surface area (Å²) in [4.78, 5) is 3.98. The molecule has 0 aromatic rings. The third kappa shape index (κ3) is 2.31. The summed E-state index contributed by atoms with van der Waals surface area (Å²) >= 11 is 0. The fourth-order valence-corrected chi connectivity index (χ4v) is 0.688. The first-order chi connectivity index (χ1) is 4.93. The molecule has 1 aliphatic heterocycles. The summed E-state index contributed by atoms with van der Waals surface area (Å²) in [7, 11) is 0. The van der Waals surface area contributed by atoms with Crippen LogP contribution in [0.5, 0.6) is 0 Å². The Morgan fingerprint density at radius 1 is 1.60 bits per heavy atom. The molecule has 0 aromatic carbocycles. The van der Waals surface area contributed by atoms with Crippen molar-refractivity contribution in [2.24, 2.45) is 4.99 Å². The van der Waals surface area contributed by atoms with Crippen LogP contribution in [0.4, 0.5) is 0 Å². The standard InChI is InChI=1S/C8H13NO/c1-2-3-6-10-7-8-4-5-9-8/h4-5H,2-3,6-7H2,1H3. The van der Waals surface area contributed by atoms with Crippen molar-refractivity contribution < 1.29 is 4.74 Å². The minimum Gasteiger partial charge on any atom is -0.375 e. The summed E-state index contributed by atoms with van der Waals surface area (Å²) in [6, 6.07) is 0. The quantitative estimate of drug-likeness (QED) is 0.532. The maximum Gasteiger partial charge on any atom is 0.0888 e. The van der Waals surface area contributed by atoms with E-state index in [-0.39, 0.29) is 0 Å². The first-order valence-electron chi connectivity index (χ1n) is 3.74. The van der Waals surface area contributed by atoms with Crippen LogP contribution in [0.15, 0.2) is 17.3 Å². The van der Waals surface area contributed by atoms with E-state index in [0.717, 1.165) is 18.7 Å². The summed E-state index contributed by atoms with van der Waals surface area (Å²) in [5, 5.41) is 0. The molecule has 56 valence electrons. The van der Waals surface area contributed by atoms with E-state index in [9.17, 15) is 0 Å². The topological polar surface area (TPSA) is 21.6 Å². The molecule has 0 bridgehead atoms. The lowest BCUT2D eigenvalue weighted by Gasteiger charge is -2.05. The summed E-state index contributed by atoms with van der Waals surface area (Å²) in [6.45, 7) is 3.71. The summed E-state index contributed by atoms with van der Waals surface area (Å²) in [5.74, 6) is 0. The Kier molecular flexibility index (Phi) is 3.16. The van der Waals surface area contributed by atoms with Gasteiger partial charge in [-0.05, 0) is 12.5 Å². The van der Waals surface area contributed by atoms with Gasteiger partial charge in [-0.3, -0.25) is 4.99 Å². The van der Waals surface area contributed by atoms with Crippen molar-refractivity contribution in [1.29, 1.82) is 0 Å². The Labute approximate surface area is 61.6 Å². The first kappa shape index (κ1) is 7.48. The van der Waals surface area contributed by atoms with Crippen LogP contribution in [-0.2, 0) is 4.74 Å². The molecule has 0 aliphatic carbocycles. The van der Waals surface area contributed by atoms with Crippen LogP contribution in [0.2, 0.25) is 0 Å². The van der Waals surface area contributed by atoms with Gasteiger partial charge in [-0.15, -0.1) is 0 Å². The maximum atomic E-state index is 5.30. The summed E-state index contributed by atoms with van der Waals surface area (Å²) in [6.07, 6.45) is 6.11. The van der Waals surface area contributed by atoms with Gasteiger partial charge < -0.3 is 4.74 Å². The highest BCUT2D eigenvalue weighted by Gasteiger charge is 1.98. The van der Waals surface area contributed by atoms with Gasteiger partial charge in [-0.2, -0.15) is 0 Å². The summed E-state index contributed by atoms with van der Waals surface area (Å²) < 4.78 is 5.30. The van der Waals surface area contributed by atoms with Gasteiger partial charge in [0, 0.05) is 12.8 Å². The molecule has 0 amide bonds. The Bertz CT molecular complexity index is 149. The Hall–Kier alpha value is -0.630. The second-order valence-electron chi connectivity index (χ2n) is 2.34. The molecule has 0 atom stereocenters. The van der Waals surface area contributed by atoms with Crippen LogP contribution in [0, 0.1) is 0 Å². The van der Waals surface area contributed by atoms with Gasteiger partial charge in [0.25, 0.3) is 0 Å². The van der Waals surface area contributed by atoms with Gasteiger partial charge in [-0.1, -0.05) is 13.3 Å². The van der Waals surface area contributed by atoms with Crippen molar-refractivity contribution in [3.63, 3.8) is 0 Å². The zero-order chi connectivity index (χ0) is 7.23. The van der Waals surface area contributed by atoms with Gasteiger partial charge in [0.15, 0.2) is 0 Å². The number of nitrogens with zero attached hydrogens (tertiary/aromatic N) is 1. The first-order valence-corrected chi connectivity index (χ1v) is 3.74. The van der Waals surface area contributed by atoms with Gasteiger partial charge in [0.2, 0.25) is 0 Å². The van der Waals surface area contributed by atoms with Crippen molar-refractivity contribution in [3.05, 3.63) is 12.3 Å². The van der Waals surface area contributed by atoms with E-state index in [2.05, 4.69) is 11.9 Å². The highest BCUT2D eigenvalue weighted by molar-refractivity contribution is 6.00. The van der Waals surface area contributed by atoms with Gasteiger partial charge in [-0.25, -0.2) is 0 Å². The Morgan fingerprint density at radius 3 is 2.90 bits per heavy atom. The molecule has 0 unspecified atom stereocenters. The Morgan fingerprint density at radius 2 is 2.40 bits per heavy atom. The minimum absolute atomic E-state index is 0.691. The largest absolute Gasteiger partial charge is 0.375 e. The maximum absolute atomic E-state index is 5.30. The molecular formula is C8H13NO. The highest BCUT2D eigenvalue weighted by Crippen LogP contribution is 1.97. The van der Waals surface area contributed by atoms with E-state index in [4.69, 9.17) is 4.74 Å². The smallest absolute Gasteiger partial charge is 0.0888 e. The lowest BCUT2D eigenvalue weighted by Crippen LogP contribution is -2.10. The number of ether oxygens (including phenoxy) is 1. The molecule has 0 fully saturated rings. The highest BCUT2D eigenvalue weighted by atomic mass is 16.5. The zero-order valence-electron chi connectivity index (χ0n) is 6.34. The second kappa shape index (κ2) is 4.23. The number of unbranched alkanes of at least 4 members (excludes halogenated alkanes) is 1.